The van der Waals surface area contributed by atoms with Crippen molar-refractivity contribution in [2.45, 2.75) is 6.92 Å². The molecular weight excluding hydrogens is 236 g/mol. The van der Waals surface area contributed by atoms with E-state index in [1.807, 2.05) is 30.3 Å². The monoisotopic (exact) mass is 250 g/mol. The van der Waals surface area contributed by atoms with Gasteiger partial charge in [-0.2, -0.15) is 0 Å². The number of fused-ring (bicyclic) bond motifs is 2. The molecule has 0 N–H and O–H groups in total. The summed E-state index contributed by atoms with van der Waals surface area (Å²) in [6, 6.07) is 16.1. The lowest BCUT2D eigenvalue weighted by atomic mass is 9.96. The summed E-state index contributed by atoms with van der Waals surface area (Å²) >= 11 is 0. The van der Waals surface area contributed by atoms with Crippen LogP contribution in [0, 0.1) is 6.92 Å². The predicted molar refractivity (Wildman–Crippen MR) is 77.5 cm³/mol. The SMILES string of the molecule is COC(=O)c1ccc2c(C)c3ccccc3cc2c1. The number of esters is 1. The van der Waals surface area contributed by atoms with Crippen molar-refractivity contribution in [3.63, 3.8) is 0 Å². The molecular formula is C17H14O2. The van der Waals surface area contributed by atoms with Crippen LogP contribution in [-0.2, 0) is 4.74 Å². The molecule has 94 valence electrons. The average molecular weight is 250 g/mol. The molecule has 3 aromatic rings. The minimum atomic E-state index is -0.298. The van der Waals surface area contributed by atoms with Crippen molar-refractivity contribution in [3.05, 3.63) is 59.7 Å². The highest BCUT2D eigenvalue weighted by Crippen LogP contribution is 2.28. The molecule has 3 aromatic carbocycles. The fourth-order valence-corrected chi connectivity index (χ4v) is 2.55. The Morgan fingerprint density at radius 2 is 1.68 bits per heavy atom. The summed E-state index contributed by atoms with van der Waals surface area (Å²) in [5, 5.41) is 4.68. The molecule has 3 rings (SSSR count). The lowest BCUT2D eigenvalue weighted by molar-refractivity contribution is 0.0601. The van der Waals surface area contributed by atoms with Gasteiger partial charge in [-0.15, -0.1) is 0 Å². The van der Waals surface area contributed by atoms with Crippen LogP contribution >= 0.6 is 0 Å². The summed E-state index contributed by atoms with van der Waals surface area (Å²) in [5.41, 5.74) is 1.83. The highest BCUT2D eigenvalue weighted by atomic mass is 16.5. The van der Waals surface area contributed by atoms with Gasteiger partial charge in [-0.1, -0.05) is 30.3 Å². The van der Waals surface area contributed by atoms with E-state index in [-0.39, 0.29) is 5.97 Å². The molecule has 0 aromatic heterocycles. The van der Waals surface area contributed by atoms with E-state index in [2.05, 4.69) is 25.1 Å². The first-order chi connectivity index (χ1) is 9.20. The van der Waals surface area contributed by atoms with Crippen LogP contribution in [0.5, 0.6) is 0 Å². The van der Waals surface area contributed by atoms with Gasteiger partial charge >= 0.3 is 5.97 Å². The Kier molecular flexibility index (Phi) is 2.71. The third kappa shape index (κ3) is 1.85. The Bertz CT molecular complexity index is 788. The van der Waals surface area contributed by atoms with Crippen LogP contribution in [-0.4, -0.2) is 13.1 Å². The summed E-state index contributed by atoms with van der Waals surface area (Å²) in [6.07, 6.45) is 0. The first kappa shape index (κ1) is 11.7. The Balaban J connectivity index is 2.35. The van der Waals surface area contributed by atoms with E-state index in [0.717, 1.165) is 5.39 Å². The largest absolute Gasteiger partial charge is 0.465 e. The molecule has 0 saturated heterocycles. The Morgan fingerprint density at radius 3 is 2.47 bits per heavy atom. The first-order valence-electron chi connectivity index (χ1n) is 6.21. The second-order valence-electron chi connectivity index (χ2n) is 4.65. The van der Waals surface area contributed by atoms with Crippen molar-refractivity contribution >= 4 is 27.5 Å². The third-order valence-corrected chi connectivity index (χ3v) is 3.55. The quantitative estimate of drug-likeness (QED) is 0.480. The lowest BCUT2D eigenvalue weighted by Crippen LogP contribution is -2.00. The van der Waals surface area contributed by atoms with Crippen molar-refractivity contribution in [2.24, 2.45) is 0 Å². The number of methoxy groups -OCH3 is 1. The lowest BCUT2D eigenvalue weighted by Gasteiger charge is -2.08. The number of benzene rings is 3. The van der Waals surface area contributed by atoms with Crippen LogP contribution in [0.25, 0.3) is 21.5 Å². The van der Waals surface area contributed by atoms with Gasteiger partial charge in [0.2, 0.25) is 0 Å². The second-order valence-corrected chi connectivity index (χ2v) is 4.65. The van der Waals surface area contributed by atoms with Crippen LogP contribution in [0.4, 0.5) is 0 Å². The van der Waals surface area contributed by atoms with Crippen LogP contribution in [0.15, 0.2) is 48.5 Å². The first-order valence-corrected chi connectivity index (χ1v) is 6.21. The molecule has 0 unspecified atom stereocenters. The molecule has 19 heavy (non-hydrogen) atoms. The van der Waals surface area contributed by atoms with Gasteiger partial charge in [0.05, 0.1) is 12.7 Å². The zero-order valence-electron chi connectivity index (χ0n) is 10.9. The summed E-state index contributed by atoms with van der Waals surface area (Å²) in [6.45, 7) is 2.11. The Morgan fingerprint density at radius 1 is 0.947 bits per heavy atom. The van der Waals surface area contributed by atoms with Gasteiger partial charge in [0.15, 0.2) is 0 Å². The number of ether oxygens (including phenoxy) is 1. The molecule has 0 aliphatic heterocycles. The molecule has 0 radical (unpaired) electrons. The van der Waals surface area contributed by atoms with Crippen molar-refractivity contribution in [3.8, 4) is 0 Å². The van der Waals surface area contributed by atoms with Crippen molar-refractivity contribution < 1.29 is 9.53 Å². The minimum Gasteiger partial charge on any atom is -0.465 e. The van der Waals surface area contributed by atoms with Crippen LogP contribution in [0.3, 0.4) is 0 Å². The van der Waals surface area contributed by atoms with Gasteiger partial charge in [0.1, 0.15) is 0 Å². The number of hydrogen-bond donors (Lipinski definition) is 0. The standard InChI is InChI=1S/C17H14O2/c1-11-15-6-4-3-5-12(15)9-14-10-13(17(18)19-2)7-8-16(11)14/h3-10H,1-2H3. The fourth-order valence-electron chi connectivity index (χ4n) is 2.55. The zero-order valence-corrected chi connectivity index (χ0v) is 10.9. The third-order valence-electron chi connectivity index (χ3n) is 3.55. The van der Waals surface area contributed by atoms with Gasteiger partial charge in [0, 0.05) is 0 Å². The Labute approximate surface area is 111 Å². The molecule has 0 bridgehead atoms. The van der Waals surface area contributed by atoms with Gasteiger partial charge < -0.3 is 4.74 Å². The van der Waals surface area contributed by atoms with Gasteiger partial charge in [-0.3, -0.25) is 0 Å². The Hall–Kier alpha value is -2.35. The predicted octanol–water partition coefficient (Wildman–Crippen LogP) is 4.09. The van der Waals surface area contributed by atoms with E-state index >= 15 is 0 Å². The molecule has 0 saturated carbocycles. The topological polar surface area (TPSA) is 26.3 Å². The van der Waals surface area contributed by atoms with Gasteiger partial charge in [0.25, 0.3) is 0 Å². The van der Waals surface area contributed by atoms with Crippen molar-refractivity contribution in [1.29, 1.82) is 0 Å². The van der Waals surface area contributed by atoms with Gasteiger partial charge in [-0.25, -0.2) is 4.79 Å². The minimum absolute atomic E-state index is 0.298. The van der Waals surface area contributed by atoms with Crippen LogP contribution in [0.1, 0.15) is 15.9 Å². The number of carbonyl (C=O) groups is 1. The molecule has 2 nitrogen and oxygen atoms in total. The van der Waals surface area contributed by atoms with Crippen LogP contribution < -0.4 is 0 Å². The maximum atomic E-state index is 11.6. The van der Waals surface area contributed by atoms with E-state index in [9.17, 15) is 4.79 Å². The van der Waals surface area contributed by atoms with Crippen molar-refractivity contribution in [1.82, 2.24) is 0 Å². The molecule has 0 atom stereocenters. The summed E-state index contributed by atoms with van der Waals surface area (Å²) in [7, 11) is 1.40. The summed E-state index contributed by atoms with van der Waals surface area (Å²) in [5.74, 6) is -0.298. The molecule has 0 heterocycles. The molecule has 0 amide bonds. The average Bonchev–Trinajstić information content (AvgIpc) is 2.46. The summed E-state index contributed by atoms with van der Waals surface area (Å²) < 4.78 is 4.76. The number of rotatable bonds is 1. The molecule has 2 heteroatoms. The van der Waals surface area contributed by atoms with E-state index in [4.69, 9.17) is 4.74 Å². The van der Waals surface area contributed by atoms with Crippen LogP contribution in [0.2, 0.25) is 0 Å². The number of aryl methyl sites for hydroxylation is 1. The maximum absolute atomic E-state index is 11.6. The second kappa shape index (κ2) is 4.39. The van der Waals surface area contributed by atoms with Crippen molar-refractivity contribution in [2.75, 3.05) is 7.11 Å². The summed E-state index contributed by atoms with van der Waals surface area (Å²) in [4.78, 5) is 11.6. The molecule has 0 spiro atoms. The molecule has 0 fully saturated rings. The highest BCUT2D eigenvalue weighted by molar-refractivity contribution is 6.04. The fraction of sp³-hybridized carbons (Fsp3) is 0.118. The van der Waals surface area contributed by atoms with Gasteiger partial charge in [-0.05, 0) is 52.2 Å². The number of carbonyl (C=O) groups excluding carboxylic acids is 1. The smallest absolute Gasteiger partial charge is 0.337 e. The van der Waals surface area contributed by atoms with E-state index in [1.54, 1.807) is 0 Å². The normalized spacial score (nSPS) is 10.8. The zero-order chi connectivity index (χ0) is 13.4. The molecule has 0 aliphatic rings. The van der Waals surface area contributed by atoms with E-state index in [0.29, 0.717) is 5.56 Å². The highest BCUT2D eigenvalue weighted by Gasteiger charge is 2.08. The number of hydrogen-bond acceptors (Lipinski definition) is 2. The molecule has 0 aliphatic carbocycles. The van der Waals surface area contributed by atoms with E-state index in [1.165, 1.54) is 28.8 Å². The van der Waals surface area contributed by atoms with E-state index < -0.39 is 0 Å². The maximum Gasteiger partial charge on any atom is 0.337 e.